The Morgan fingerprint density at radius 1 is 1.33 bits per heavy atom. The standard InChI is InChI=1S/CH2O3.Ca.Pd/c2-1(3)4;;/h(H2,2,3,4);;. The van der Waals surface area contributed by atoms with Crippen LogP contribution in [-0.2, 0) is 20.4 Å². The van der Waals surface area contributed by atoms with E-state index < -0.39 is 6.16 Å². The molecular formula is CH2CaO3Pd. The van der Waals surface area contributed by atoms with E-state index in [1.165, 1.54) is 0 Å². The van der Waals surface area contributed by atoms with Gasteiger partial charge >= 0.3 is 6.16 Å². The topological polar surface area (TPSA) is 57.5 Å². The maximum atomic E-state index is 8.56. The van der Waals surface area contributed by atoms with E-state index in [9.17, 15) is 0 Å². The molecule has 0 bridgehead atoms. The molecule has 0 spiro atoms. The van der Waals surface area contributed by atoms with E-state index >= 15 is 0 Å². The zero-order valence-electron chi connectivity index (χ0n) is 2.83. The smallest absolute Gasteiger partial charge is 0.450 e. The van der Waals surface area contributed by atoms with Crippen molar-refractivity contribution in [3.8, 4) is 0 Å². The third-order valence-corrected chi connectivity index (χ3v) is 0. The quantitative estimate of drug-likeness (QED) is 0.544. The van der Waals surface area contributed by atoms with Gasteiger partial charge in [-0.15, -0.1) is 0 Å². The molecule has 0 aliphatic heterocycles. The van der Waals surface area contributed by atoms with Gasteiger partial charge in [-0.3, -0.25) is 0 Å². The first-order valence-electron chi connectivity index (χ1n) is 0.651. The molecule has 5 heteroatoms. The van der Waals surface area contributed by atoms with Crippen molar-refractivity contribution in [3.63, 3.8) is 0 Å². The van der Waals surface area contributed by atoms with Gasteiger partial charge in [-0.2, -0.15) is 0 Å². The number of hydrogen-bond acceptors (Lipinski definition) is 1. The summed E-state index contributed by atoms with van der Waals surface area (Å²) in [5, 5.41) is 13.9. The summed E-state index contributed by atoms with van der Waals surface area (Å²) in [6, 6.07) is 0. The Labute approximate surface area is 78.4 Å². The molecule has 3 nitrogen and oxygen atoms in total. The van der Waals surface area contributed by atoms with Crippen molar-refractivity contribution in [2.45, 2.75) is 0 Å². The molecule has 36 valence electrons. The second kappa shape index (κ2) is 9.50. The number of hydrogen-bond donors (Lipinski definition) is 2. The van der Waals surface area contributed by atoms with E-state index in [1.807, 2.05) is 0 Å². The predicted octanol–water partition coefficient (Wildman–Crippen LogP) is -0.161. The molecule has 2 radical (unpaired) electrons. The molecule has 0 amide bonds. The van der Waals surface area contributed by atoms with Crippen LogP contribution in [0.4, 0.5) is 4.79 Å². The Bertz CT molecular complexity index is 33.8. The first kappa shape index (κ1) is 15.7. The van der Waals surface area contributed by atoms with Crippen molar-refractivity contribution in [2.75, 3.05) is 0 Å². The summed E-state index contributed by atoms with van der Waals surface area (Å²) in [4.78, 5) is 8.56. The molecule has 0 atom stereocenters. The van der Waals surface area contributed by atoms with Crippen LogP contribution in [0.5, 0.6) is 0 Å². The molecular weight excluding hydrogens is 207 g/mol. The fourth-order valence-corrected chi connectivity index (χ4v) is 0. The molecule has 0 saturated carbocycles. The van der Waals surface area contributed by atoms with Crippen molar-refractivity contribution in [3.05, 3.63) is 0 Å². The van der Waals surface area contributed by atoms with Crippen LogP contribution >= 0.6 is 0 Å². The van der Waals surface area contributed by atoms with Crippen molar-refractivity contribution in [1.82, 2.24) is 0 Å². The molecule has 0 aliphatic rings. The predicted molar refractivity (Wildman–Crippen MR) is 16.4 cm³/mol. The van der Waals surface area contributed by atoms with Crippen molar-refractivity contribution in [2.24, 2.45) is 0 Å². The Balaban J connectivity index is -0.0000000450. The zero-order chi connectivity index (χ0) is 3.58. The molecule has 0 fully saturated rings. The third-order valence-electron chi connectivity index (χ3n) is 0. The fourth-order valence-electron chi connectivity index (χ4n) is 0. The Morgan fingerprint density at radius 2 is 1.33 bits per heavy atom. The molecule has 0 aliphatic carbocycles. The molecule has 0 aromatic carbocycles. The number of carboxylic acid groups (broad SMARTS) is 2. The zero-order valence-corrected chi connectivity index (χ0v) is 6.59. The normalized spacial score (nSPS) is 4.00. The number of rotatable bonds is 0. The van der Waals surface area contributed by atoms with Gasteiger partial charge in [0, 0.05) is 58.2 Å². The van der Waals surface area contributed by atoms with Crippen LogP contribution in [0.15, 0.2) is 0 Å². The van der Waals surface area contributed by atoms with E-state index in [2.05, 4.69) is 0 Å². The van der Waals surface area contributed by atoms with Crippen LogP contribution in [0, 0.1) is 0 Å². The van der Waals surface area contributed by atoms with E-state index in [-0.39, 0.29) is 58.2 Å². The third kappa shape index (κ3) is 64.2. The van der Waals surface area contributed by atoms with Crippen LogP contribution in [0.3, 0.4) is 0 Å². The molecule has 0 rings (SSSR count). The molecule has 0 aromatic heterocycles. The average molecular weight is 209 g/mol. The minimum atomic E-state index is -1.83. The number of carbonyl (C=O) groups is 1. The molecule has 0 saturated heterocycles. The Kier molecular flexibility index (Phi) is 24.8. The summed E-state index contributed by atoms with van der Waals surface area (Å²) in [6.07, 6.45) is -1.83. The molecule has 6 heavy (non-hydrogen) atoms. The molecule has 0 heterocycles. The van der Waals surface area contributed by atoms with Crippen LogP contribution in [0.25, 0.3) is 0 Å². The van der Waals surface area contributed by atoms with E-state index in [1.54, 1.807) is 0 Å². The van der Waals surface area contributed by atoms with Crippen LogP contribution in [0.1, 0.15) is 0 Å². The summed E-state index contributed by atoms with van der Waals surface area (Å²) in [6.45, 7) is 0. The Morgan fingerprint density at radius 3 is 1.33 bits per heavy atom. The van der Waals surface area contributed by atoms with Crippen LogP contribution in [0.2, 0.25) is 0 Å². The van der Waals surface area contributed by atoms with E-state index in [0.29, 0.717) is 0 Å². The molecule has 0 aromatic rings. The molecule has 0 unspecified atom stereocenters. The van der Waals surface area contributed by atoms with E-state index in [0.717, 1.165) is 0 Å². The van der Waals surface area contributed by atoms with Crippen LogP contribution < -0.4 is 0 Å². The van der Waals surface area contributed by atoms with Gasteiger partial charge in [-0.25, -0.2) is 4.79 Å². The average Bonchev–Trinajstić information content (AvgIpc) is 0.811. The van der Waals surface area contributed by atoms with Crippen molar-refractivity contribution < 1.29 is 35.4 Å². The SMILES string of the molecule is O=C(O)O.[Ca].[Pd]. The van der Waals surface area contributed by atoms with Crippen molar-refractivity contribution >= 4 is 43.9 Å². The second-order valence-electron chi connectivity index (χ2n) is 0.283. The van der Waals surface area contributed by atoms with Gasteiger partial charge in [0.05, 0.1) is 0 Å². The second-order valence-corrected chi connectivity index (χ2v) is 0.283. The van der Waals surface area contributed by atoms with Crippen molar-refractivity contribution in [1.29, 1.82) is 0 Å². The minimum Gasteiger partial charge on any atom is -0.450 e. The van der Waals surface area contributed by atoms with Gasteiger partial charge in [0.15, 0.2) is 0 Å². The fraction of sp³-hybridized carbons (Fsp3) is 0. The monoisotopic (exact) mass is 208 g/mol. The van der Waals surface area contributed by atoms with Gasteiger partial charge in [0.2, 0.25) is 0 Å². The Hall–Kier alpha value is 1.19. The summed E-state index contributed by atoms with van der Waals surface area (Å²) in [7, 11) is 0. The van der Waals surface area contributed by atoms with Gasteiger partial charge in [0.1, 0.15) is 0 Å². The van der Waals surface area contributed by atoms with Gasteiger partial charge in [-0.05, 0) is 0 Å². The summed E-state index contributed by atoms with van der Waals surface area (Å²) >= 11 is 0. The minimum absolute atomic E-state index is 0. The first-order chi connectivity index (χ1) is 1.73. The maximum Gasteiger partial charge on any atom is 0.503 e. The van der Waals surface area contributed by atoms with E-state index in [4.69, 9.17) is 15.0 Å². The largest absolute Gasteiger partial charge is 0.503 e. The van der Waals surface area contributed by atoms with Gasteiger partial charge in [0.25, 0.3) is 0 Å². The first-order valence-corrected chi connectivity index (χ1v) is 0.651. The summed E-state index contributed by atoms with van der Waals surface area (Å²) in [5.41, 5.74) is 0. The van der Waals surface area contributed by atoms with Gasteiger partial charge in [-0.1, -0.05) is 0 Å². The van der Waals surface area contributed by atoms with Gasteiger partial charge < -0.3 is 10.2 Å². The van der Waals surface area contributed by atoms with Crippen LogP contribution in [-0.4, -0.2) is 54.1 Å². The summed E-state index contributed by atoms with van der Waals surface area (Å²) < 4.78 is 0. The summed E-state index contributed by atoms with van der Waals surface area (Å²) in [5.74, 6) is 0. The molecule has 2 N–H and O–H groups in total. The maximum absolute atomic E-state index is 8.56.